The second kappa shape index (κ2) is 4.82. The molecule has 3 rings (SSSR count). The van der Waals surface area contributed by atoms with Crippen molar-refractivity contribution in [2.75, 3.05) is 0 Å². The molecule has 0 saturated heterocycles. The highest BCUT2D eigenvalue weighted by molar-refractivity contribution is 5.79. The van der Waals surface area contributed by atoms with Gasteiger partial charge in [-0.3, -0.25) is 10.1 Å². The third-order valence-electron chi connectivity index (χ3n) is 4.61. The number of aliphatic carboxylic acids is 1. The monoisotopic (exact) mass is 253 g/mol. The van der Waals surface area contributed by atoms with E-state index in [1.165, 1.54) is 6.42 Å². The van der Waals surface area contributed by atoms with Crippen LogP contribution in [0.1, 0.15) is 57.8 Å². The first-order valence-electron chi connectivity index (χ1n) is 7.34. The Kier molecular flexibility index (Phi) is 3.32. The molecular weight excluding hydrogens is 230 g/mol. The SMILES string of the molecule is O=C(O)C1(NC2CC2)CCCC(OC2CCC2)C1. The van der Waals surface area contributed by atoms with E-state index in [2.05, 4.69) is 5.32 Å². The molecule has 3 saturated carbocycles. The van der Waals surface area contributed by atoms with Crippen LogP contribution < -0.4 is 5.32 Å². The third kappa shape index (κ3) is 2.54. The van der Waals surface area contributed by atoms with E-state index < -0.39 is 11.5 Å². The van der Waals surface area contributed by atoms with E-state index in [0.29, 0.717) is 18.6 Å². The summed E-state index contributed by atoms with van der Waals surface area (Å²) in [6.07, 6.45) is 9.78. The number of carbonyl (C=O) groups is 1. The van der Waals surface area contributed by atoms with E-state index in [1.807, 2.05) is 0 Å². The zero-order chi connectivity index (χ0) is 12.6. The molecule has 102 valence electrons. The minimum absolute atomic E-state index is 0.145. The van der Waals surface area contributed by atoms with Gasteiger partial charge in [-0.2, -0.15) is 0 Å². The quantitative estimate of drug-likeness (QED) is 0.787. The summed E-state index contributed by atoms with van der Waals surface area (Å²) >= 11 is 0. The van der Waals surface area contributed by atoms with Gasteiger partial charge in [-0.15, -0.1) is 0 Å². The highest BCUT2D eigenvalue weighted by atomic mass is 16.5. The Bertz CT molecular complexity index is 325. The summed E-state index contributed by atoms with van der Waals surface area (Å²) in [6.45, 7) is 0. The summed E-state index contributed by atoms with van der Waals surface area (Å²) in [5.41, 5.74) is -0.714. The number of nitrogens with one attached hydrogen (secondary N) is 1. The Morgan fingerprint density at radius 3 is 2.39 bits per heavy atom. The lowest BCUT2D eigenvalue weighted by Crippen LogP contribution is -2.57. The number of rotatable bonds is 5. The lowest BCUT2D eigenvalue weighted by atomic mass is 9.79. The fourth-order valence-electron chi connectivity index (χ4n) is 3.12. The molecule has 0 aromatic heterocycles. The van der Waals surface area contributed by atoms with Crippen molar-refractivity contribution >= 4 is 5.97 Å². The highest BCUT2D eigenvalue weighted by Crippen LogP contribution is 2.36. The molecule has 0 aromatic carbocycles. The molecule has 3 fully saturated rings. The summed E-state index contributed by atoms with van der Waals surface area (Å²) in [7, 11) is 0. The van der Waals surface area contributed by atoms with Gasteiger partial charge in [-0.05, 0) is 51.4 Å². The zero-order valence-corrected chi connectivity index (χ0v) is 10.9. The Morgan fingerprint density at radius 2 is 1.83 bits per heavy atom. The first-order chi connectivity index (χ1) is 8.68. The lowest BCUT2D eigenvalue weighted by molar-refractivity contribution is -0.151. The minimum Gasteiger partial charge on any atom is -0.480 e. The lowest BCUT2D eigenvalue weighted by Gasteiger charge is -2.41. The molecule has 0 bridgehead atoms. The molecule has 3 aliphatic rings. The van der Waals surface area contributed by atoms with Crippen molar-refractivity contribution in [1.82, 2.24) is 5.32 Å². The molecule has 0 radical (unpaired) electrons. The van der Waals surface area contributed by atoms with Crippen LogP contribution in [0.4, 0.5) is 0 Å². The van der Waals surface area contributed by atoms with Crippen LogP contribution in [-0.2, 0) is 9.53 Å². The first-order valence-corrected chi connectivity index (χ1v) is 7.34. The van der Waals surface area contributed by atoms with Gasteiger partial charge in [-0.25, -0.2) is 0 Å². The Balaban J connectivity index is 1.62. The van der Waals surface area contributed by atoms with Crippen molar-refractivity contribution in [2.45, 2.75) is 81.6 Å². The molecule has 0 aliphatic heterocycles. The predicted molar refractivity (Wildman–Crippen MR) is 67.5 cm³/mol. The number of hydrogen-bond acceptors (Lipinski definition) is 3. The summed E-state index contributed by atoms with van der Waals surface area (Å²) in [5, 5.41) is 12.9. The topological polar surface area (TPSA) is 58.6 Å². The van der Waals surface area contributed by atoms with Crippen LogP contribution in [0.3, 0.4) is 0 Å². The van der Waals surface area contributed by atoms with Crippen LogP contribution >= 0.6 is 0 Å². The van der Waals surface area contributed by atoms with Crippen molar-refractivity contribution in [3.8, 4) is 0 Å². The second-order valence-electron chi connectivity index (χ2n) is 6.21. The molecule has 0 heterocycles. The third-order valence-corrected chi connectivity index (χ3v) is 4.61. The Morgan fingerprint density at radius 1 is 1.11 bits per heavy atom. The summed E-state index contributed by atoms with van der Waals surface area (Å²) in [6, 6.07) is 0.434. The second-order valence-corrected chi connectivity index (χ2v) is 6.21. The molecule has 2 unspecified atom stereocenters. The molecule has 4 nitrogen and oxygen atoms in total. The molecular formula is C14H23NO3. The van der Waals surface area contributed by atoms with Crippen LogP contribution in [0.2, 0.25) is 0 Å². The maximum Gasteiger partial charge on any atom is 0.324 e. The number of carboxylic acid groups (broad SMARTS) is 1. The predicted octanol–water partition coefficient (Wildman–Crippen LogP) is 2.07. The summed E-state index contributed by atoms with van der Waals surface area (Å²) in [5.74, 6) is -0.684. The Hall–Kier alpha value is -0.610. The average molecular weight is 253 g/mol. The maximum atomic E-state index is 11.6. The average Bonchev–Trinajstić information content (AvgIpc) is 3.08. The highest BCUT2D eigenvalue weighted by Gasteiger charge is 2.46. The van der Waals surface area contributed by atoms with E-state index in [9.17, 15) is 9.90 Å². The molecule has 4 heteroatoms. The maximum absolute atomic E-state index is 11.6. The van der Waals surface area contributed by atoms with Crippen molar-refractivity contribution in [2.24, 2.45) is 0 Å². The molecule has 0 aromatic rings. The van der Waals surface area contributed by atoms with Crippen LogP contribution in [-0.4, -0.2) is 34.9 Å². The van der Waals surface area contributed by atoms with Gasteiger partial charge < -0.3 is 9.84 Å². The van der Waals surface area contributed by atoms with E-state index in [1.54, 1.807) is 0 Å². The molecule has 2 atom stereocenters. The van der Waals surface area contributed by atoms with E-state index in [4.69, 9.17) is 4.74 Å². The molecule has 0 amide bonds. The standard InChI is InChI=1S/C14H23NO3/c16-13(17)14(15-10-6-7-10)8-2-5-12(9-14)18-11-3-1-4-11/h10-12,15H,1-9H2,(H,16,17). The van der Waals surface area contributed by atoms with Crippen LogP contribution in [0, 0.1) is 0 Å². The van der Waals surface area contributed by atoms with E-state index >= 15 is 0 Å². The van der Waals surface area contributed by atoms with Crippen LogP contribution in [0.25, 0.3) is 0 Å². The van der Waals surface area contributed by atoms with Gasteiger partial charge in [0.1, 0.15) is 5.54 Å². The van der Waals surface area contributed by atoms with Gasteiger partial charge in [-0.1, -0.05) is 0 Å². The summed E-state index contributed by atoms with van der Waals surface area (Å²) < 4.78 is 6.03. The van der Waals surface area contributed by atoms with Crippen molar-refractivity contribution in [1.29, 1.82) is 0 Å². The van der Waals surface area contributed by atoms with E-state index in [0.717, 1.165) is 44.9 Å². The minimum atomic E-state index is -0.714. The van der Waals surface area contributed by atoms with E-state index in [-0.39, 0.29) is 6.10 Å². The fourth-order valence-corrected chi connectivity index (χ4v) is 3.12. The molecule has 2 N–H and O–H groups in total. The van der Waals surface area contributed by atoms with Crippen LogP contribution in [0.5, 0.6) is 0 Å². The normalized spacial score (nSPS) is 37.2. The Labute approximate surface area is 108 Å². The molecule has 0 spiro atoms. The molecule has 18 heavy (non-hydrogen) atoms. The zero-order valence-electron chi connectivity index (χ0n) is 10.9. The van der Waals surface area contributed by atoms with Crippen molar-refractivity contribution < 1.29 is 14.6 Å². The van der Waals surface area contributed by atoms with Crippen LogP contribution in [0.15, 0.2) is 0 Å². The molecule has 3 aliphatic carbocycles. The number of carboxylic acids is 1. The van der Waals surface area contributed by atoms with Gasteiger partial charge in [0.05, 0.1) is 12.2 Å². The smallest absolute Gasteiger partial charge is 0.324 e. The summed E-state index contributed by atoms with van der Waals surface area (Å²) in [4.78, 5) is 11.6. The number of hydrogen-bond donors (Lipinski definition) is 2. The first kappa shape index (κ1) is 12.4. The number of ether oxygens (including phenoxy) is 1. The van der Waals surface area contributed by atoms with Gasteiger partial charge in [0.2, 0.25) is 0 Å². The van der Waals surface area contributed by atoms with Gasteiger partial charge >= 0.3 is 5.97 Å². The van der Waals surface area contributed by atoms with Gasteiger partial charge in [0.15, 0.2) is 0 Å². The van der Waals surface area contributed by atoms with Gasteiger partial charge in [0, 0.05) is 12.5 Å². The van der Waals surface area contributed by atoms with Crippen molar-refractivity contribution in [3.05, 3.63) is 0 Å². The fraction of sp³-hybridized carbons (Fsp3) is 0.929. The van der Waals surface area contributed by atoms with Crippen molar-refractivity contribution in [3.63, 3.8) is 0 Å². The van der Waals surface area contributed by atoms with Gasteiger partial charge in [0.25, 0.3) is 0 Å². The largest absolute Gasteiger partial charge is 0.480 e.